The number of rotatable bonds is 3. The summed E-state index contributed by atoms with van der Waals surface area (Å²) in [5, 5.41) is 0. The monoisotopic (exact) mass is 219 g/mol. The van der Waals surface area contributed by atoms with E-state index in [1.54, 1.807) is 0 Å². The molecule has 1 atom stereocenters. The van der Waals surface area contributed by atoms with E-state index in [9.17, 15) is 4.79 Å². The predicted molar refractivity (Wildman–Crippen MR) is 61.9 cm³/mol. The molecule has 0 unspecified atom stereocenters. The van der Waals surface area contributed by atoms with Crippen molar-refractivity contribution in [1.82, 2.24) is 4.90 Å². The number of hydrogen-bond acceptors (Lipinski definition) is 3. The molecule has 16 heavy (non-hydrogen) atoms. The third kappa shape index (κ3) is 1.83. The lowest BCUT2D eigenvalue weighted by Gasteiger charge is -2.48. The predicted octanol–water partition coefficient (Wildman–Crippen LogP) is 1.82. The Bertz CT molecular complexity index is 377. The SMILES string of the molecule is COC(=O)[C@]1(C)CCN1Cc1ccccc1. The summed E-state index contributed by atoms with van der Waals surface area (Å²) in [6, 6.07) is 10.2. The minimum absolute atomic E-state index is 0.130. The number of carbonyl (C=O) groups excluding carboxylic acids is 1. The molecule has 0 N–H and O–H groups in total. The molecule has 1 aromatic rings. The fourth-order valence-electron chi connectivity index (χ4n) is 2.11. The number of nitrogens with zero attached hydrogens (tertiary/aromatic N) is 1. The molecule has 0 saturated carbocycles. The van der Waals surface area contributed by atoms with Gasteiger partial charge in [-0.2, -0.15) is 0 Å². The van der Waals surface area contributed by atoms with Crippen molar-refractivity contribution >= 4 is 5.97 Å². The lowest BCUT2D eigenvalue weighted by molar-refractivity contribution is -0.164. The maximum Gasteiger partial charge on any atom is 0.326 e. The molecule has 86 valence electrons. The third-order valence-electron chi connectivity index (χ3n) is 3.41. The van der Waals surface area contributed by atoms with Crippen LogP contribution in [-0.4, -0.2) is 30.1 Å². The van der Waals surface area contributed by atoms with Gasteiger partial charge in [-0.3, -0.25) is 9.69 Å². The molecule has 0 spiro atoms. The van der Waals surface area contributed by atoms with E-state index >= 15 is 0 Å². The van der Waals surface area contributed by atoms with Crippen molar-refractivity contribution in [2.24, 2.45) is 0 Å². The standard InChI is InChI=1S/C13H17NO2/c1-13(12(15)16-2)8-9-14(13)10-11-6-4-3-5-7-11/h3-7H,8-10H2,1-2H3/t13-/m0/s1. The first-order valence-corrected chi connectivity index (χ1v) is 5.54. The number of benzene rings is 1. The Morgan fingerprint density at radius 2 is 2.12 bits per heavy atom. The highest BCUT2D eigenvalue weighted by atomic mass is 16.5. The van der Waals surface area contributed by atoms with Crippen molar-refractivity contribution in [3.8, 4) is 0 Å². The van der Waals surface area contributed by atoms with Gasteiger partial charge in [-0.1, -0.05) is 30.3 Å². The Kier molecular flexibility index (Phi) is 2.97. The number of ether oxygens (including phenoxy) is 1. The van der Waals surface area contributed by atoms with Crippen LogP contribution in [0.5, 0.6) is 0 Å². The molecule has 3 nitrogen and oxygen atoms in total. The second kappa shape index (κ2) is 4.26. The van der Waals surface area contributed by atoms with Crippen LogP contribution in [0.1, 0.15) is 18.9 Å². The summed E-state index contributed by atoms with van der Waals surface area (Å²) in [6.07, 6.45) is 0.881. The molecule has 0 amide bonds. The molecule has 0 radical (unpaired) electrons. The quantitative estimate of drug-likeness (QED) is 0.726. The molecule has 0 aliphatic carbocycles. The Hall–Kier alpha value is -1.35. The van der Waals surface area contributed by atoms with E-state index in [2.05, 4.69) is 17.0 Å². The molecule has 0 bridgehead atoms. The van der Waals surface area contributed by atoms with E-state index in [1.807, 2.05) is 25.1 Å². The summed E-state index contributed by atoms with van der Waals surface area (Å²) < 4.78 is 4.84. The Labute approximate surface area is 96.0 Å². The molecule has 1 fully saturated rings. The van der Waals surface area contributed by atoms with Gasteiger partial charge in [-0.25, -0.2) is 0 Å². The lowest BCUT2D eigenvalue weighted by atomic mass is 9.86. The van der Waals surface area contributed by atoms with Crippen LogP contribution >= 0.6 is 0 Å². The van der Waals surface area contributed by atoms with Crippen LogP contribution in [0.2, 0.25) is 0 Å². The van der Waals surface area contributed by atoms with E-state index in [1.165, 1.54) is 12.7 Å². The van der Waals surface area contributed by atoms with Crippen LogP contribution in [0.4, 0.5) is 0 Å². The van der Waals surface area contributed by atoms with Crippen molar-refractivity contribution in [3.63, 3.8) is 0 Å². The maximum absolute atomic E-state index is 11.7. The molecule has 1 aromatic carbocycles. The summed E-state index contributed by atoms with van der Waals surface area (Å²) in [6.45, 7) is 3.72. The summed E-state index contributed by atoms with van der Waals surface area (Å²) in [5.74, 6) is -0.130. The normalized spacial score (nSPS) is 24.9. The van der Waals surface area contributed by atoms with Gasteiger partial charge in [0.25, 0.3) is 0 Å². The number of esters is 1. The van der Waals surface area contributed by atoms with Crippen molar-refractivity contribution in [2.75, 3.05) is 13.7 Å². The van der Waals surface area contributed by atoms with Gasteiger partial charge in [0.05, 0.1) is 7.11 Å². The van der Waals surface area contributed by atoms with Gasteiger partial charge in [0.1, 0.15) is 5.54 Å². The summed E-state index contributed by atoms with van der Waals surface area (Å²) in [5.41, 5.74) is 0.808. The molecule has 3 heteroatoms. The number of hydrogen-bond donors (Lipinski definition) is 0. The highest BCUT2D eigenvalue weighted by Gasteiger charge is 2.47. The van der Waals surface area contributed by atoms with Gasteiger partial charge >= 0.3 is 5.97 Å². The first-order valence-electron chi connectivity index (χ1n) is 5.54. The van der Waals surface area contributed by atoms with E-state index in [0.717, 1.165) is 19.5 Å². The van der Waals surface area contributed by atoms with E-state index in [4.69, 9.17) is 4.74 Å². The third-order valence-corrected chi connectivity index (χ3v) is 3.41. The van der Waals surface area contributed by atoms with Crippen LogP contribution in [0.15, 0.2) is 30.3 Å². The second-order valence-electron chi connectivity index (χ2n) is 4.42. The van der Waals surface area contributed by atoms with Gasteiger partial charge in [0, 0.05) is 13.1 Å². The van der Waals surface area contributed by atoms with E-state index in [0.29, 0.717) is 0 Å². The Balaban J connectivity index is 2.05. The second-order valence-corrected chi connectivity index (χ2v) is 4.42. The van der Waals surface area contributed by atoms with Crippen LogP contribution < -0.4 is 0 Å². The summed E-state index contributed by atoms with van der Waals surface area (Å²) in [7, 11) is 1.45. The molecule has 2 rings (SSSR count). The maximum atomic E-state index is 11.7. The average molecular weight is 219 g/mol. The lowest BCUT2D eigenvalue weighted by Crippen LogP contribution is -2.62. The summed E-state index contributed by atoms with van der Waals surface area (Å²) in [4.78, 5) is 13.8. The van der Waals surface area contributed by atoms with Crippen molar-refractivity contribution in [2.45, 2.75) is 25.4 Å². The van der Waals surface area contributed by atoms with Crippen LogP contribution in [0, 0.1) is 0 Å². The molecule has 1 saturated heterocycles. The first kappa shape index (κ1) is 11.1. The van der Waals surface area contributed by atoms with Gasteiger partial charge < -0.3 is 4.74 Å². The van der Waals surface area contributed by atoms with Crippen LogP contribution in [0.3, 0.4) is 0 Å². The van der Waals surface area contributed by atoms with Crippen LogP contribution in [0.25, 0.3) is 0 Å². The van der Waals surface area contributed by atoms with Crippen molar-refractivity contribution < 1.29 is 9.53 Å². The van der Waals surface area contributed by atoms with Crippen molar-refractivity contribution in [1.29, 1.82) is 0 Å². The Morgan fingerprint density at radius 3 is 2.62 bits per heavy atom. The molecule has 1 aliphatic heterocycles. The zero-order valence-corrected chi connectivity index (χ0v) is 9.77. The van der Waals surface area contributed by atoms with E-state index in [-0.39, 0.29) is 5.97 Å². The largest absolute Gasteiger partial charge is 0.468 e. The minimum atomic E-state index is -0.426. The molecular formula is C13H17NO2. The van der Waals surface area contributed by atoms with Gasteiger partial charge in [-0.15, -0.1) is 0 Å². The van der Waals surface area contributed by atoms with Gasteiger partial charge in [0.15, 0.2) is 0 Å². The fraction of sp³-hybridized carbons (Fsp3) is 0.462. The van der Waals surface area contributed by atoms with E-state index < -0.39 is 5.54 Å². The zero-order valence-electron chi connectivity index (χ0n) is 9.77. The topological polar surface area (TPSA) is 29.5 Å². The highest BCUT2D eigenvalue weighted by molar-refractivity contribution is 5.81. The number of carbonyl (C=O) groups is 1. The summed E-state index contributed by atoms with van der Waals surface area (Å²) >= 11 is 0. The van der Waals surface area contributed by atoms with Gasteiger partial charge in [0.2, 0.25) is 0 Å². The molecule has 1 heterocycles. The Morgan fingerprint density at radius 1 is 1.44 bits per heavy atom. The highest BCUT2D eigenvalue weighted by Crippen LogP contribution is 2.32. The van der Waals surface area contributed by atoms with Gasteiger partial charge in [-0.05, 0) is 18.9 Å². The fourth-order valence-corrected chi connectivity index (χ4v) is 2.11. The minimum Gasteiger partial charge on any atom is -0.468 e. The number of likely N-dealkylation sites (tertiary alicyclic amines) is 1. The van der Waals surface area contributed by atoms with Crippen molar-refractivity contribution in [3.05, 3.63) is 35.9 Å². The number of methoxy groups -OCH3 is 1. The molecular weight excluding hydrogens is 202 g/mol. The smallest absolute Gasteiger partial charge is 0.326 e. The molecule has 0 aromatic heterocycles. The van der Waals surface area contributed by atoms with Crippen LogP contribution in [-0.2, 0) is 16.1 Å². The first-order chi connectivity index (χ1) is 7.66. The average Bonchev–Trinajstić information content (AvgIpc) is 2.34. The molecule has 1 aliphatic rings. The zero-order chi connectivity index (χ0) is 11.6.